The van der Waals surface area contributed by atoms with Gasteiger partial charge in [0, 0.05) is 34.7 Å². The predicted octanol–water partition coefficient (Wildman–Crippen LogP) is 4.87. The number of nitrogens with one attached hydrogen (secondary N) is 1. The SMILES string of the molecule is CCC(=O)N1CCSc2ccc(C(=O)NC34CC(C)CC(CC(C)C3)C4)cc21. The van der Waals surface area contributed by atoms with Crippen molar-refractivity contribution in [2.24, 2.45) is 17.8 Å². The van der Waals surface area contributed by atoms with E-state index in [1.54, 1.807) is 11.8 Å². The van der Waals surface area contributed by atoms with Gasteiger partial charge in [-0.2, -0.15) is 0 Å². The lowest BCUT2D eigenvalue weighted by Crippen LogP contribution is -2.56. The third kappa shape index (κ3) is 3.83. The van der Waals surface area contributed by atoms with Crippen LogP contribution in [-0.4, -0.2) is 29.7 Å². The van der Waals surface area contributed by atoms with Gasteiger partial charge in [-0.05, 0) is 68.1 Å². The highest BCUT2D eigenvalue weighted by Crippen LogP contribution is 2.47. The molecule has 2 aliphatic carbocycles. The molecule has 1 N–H and O–H groups in total. The van der Waals surface area contributed by atoms with Gasteiger partial charge in [-0.15, -0.1) is 11.8 Å². The largest absolute Gasteiger partial charge is 0.347 e. The van der Waals surface area contributed by atoms with E-state index >= 15 is 0 Å². The average molecular weight is 401 g/mol. The summed E-state index contributed by atoms with van der Waals surface area (Å²) in [5, 5.41) is 3.46. The number of hydrogen-bond acceptors (Lipinski definition) is 3. The highest BCUT2D eigenvalue weighted by molar-refractivity contribution is 7.99. The number of amides is 2. The highest BCUT2D eigenvalue weighted by Gasteiger charge is 2.45. The molecular formula is C23H32N2O2S. The molecule has 1 aromatic carbocycles. The van der Waals surface area contributed by atoms with Gasteiger partial charge in [-0.3, -0.25) is 9.59 Å². The van der Waals surface area contributed by atoms with Gasteiger partial charge in [0.2, 0.25) is 5.91 Å². The molecule has 0 spiro atoms. The van der Waals surface area contributed by atoms with Gasteiger partial charge in [0.25, 0.3) is 5.91 Å². The Labute approximate surface area is 172 Å². The quantitative estimate of drug-likeness (QED) is 0.787. The molecule has 2 amide bonds. The minimum Gasteiger partial charge on any atom is -0.347 e. The molecule has 4 nitrogen and oxygen atoms in total. The first-order valence-electron chi connectivity index (χ1n) is 10.8. The Balaban J connectivity index is 1.58. The first-order chi connectivity index (χ1) is 13.4. The zero-order valence-corrected chi connectivity index (χ0v) is 18.1. The van der Waals surface area contributed by atoms with E-state index in [0.717, 1.165) is 48.1 Å². The molecule has 2 atom stereocenters. The van der Waals surface area contributed by atoms with Crippen molar-refractivity contribution in [2.45, 2.75) is 69.7 Å². The van der Waals surface area contributed by atoms with E-state index in [-0.39, 0.29) is 17.4 Å². The van der Waals surface area contributed by atoms with Gasteiger partial charge in [0.05, 0.1) is 5.69 Å². The summed E-state index contributed by atoms with van der Waals surface area (Å²) < 4.78 is 0. The third-order valence-electron chi connectivity index (χ3n) is 6.70. The number of nitrogens with zero attached hydrogens (tertiary/aromatic N) is 1. The maximum Gasteiger partial charge on any atom is 0.251 e. The van der Waals surface area contributed by atoms with E-state index in [2.05, 4.69) is 19.2 Å². The predicted molar refractivity (Wildman–Crippen MR) is 115 cm³/mol. The third-order valence-corrected chi connectivity index (χ3v) is 7.74. The Hall–Kier alpha value is -1.49. The van der Waals surface area contributed by atoms with Crippen LogP contribution in [0.1, 0.15) is 69.7 Å². The first-order valence-corrected chi connectivity index (χ1v) is 11.8. The van der Waals surface area contributed by atoms with E-state index < -0.39 is 0 Å². The molecule has 1 aromatic rings. The Kier molecular flexibility index (Phi) is 5.47. The van der Waals surface area contributed by atoms with Crippen molar-refractivity contribution in [3.8, 4) is 0 Å². The zero-order chi connectivity index (χ0) is 19.9. The van der Waals surface area contributed by atoms with Crippen molar-refractivity contribution in [1.29, 1.82) is 0 Å². The minimum absolute atomic E-state index is 0.0178. The molecule has 1 aliphatic heterocycles. The van der Waals surface area contributed by atoms with E-state index in [1.807, 2.05) is 30.0 Å². The molecule has 5 heteroatoms. The van der Waals surface area contributed by atoms with Gasteiger partial charge in [-0.25, -0.2) is 0 Å². The van der Waals surface area contributed by atoms with Gasteiger partial charge >= 0.3 is 0 Å². The molecular weight excluding hydrogens is 368 g/mol. The van der Waals surface area contributed by atoms with E-state index in [1.165, 1.54) is 12.8 Å². The molecule has 1 heterocycles. The van der Waals surface area contributed by atoms with Crippen LogP contribution >= 0.6 is 11.8 Å². The number of anilines is 1. The molecule has 2 bridgehead atoms. The Bertz CT molecular complexity index is 758. The van der Waals surface area contributed by atoms with Crippen molar-refractivity contribution >= 4 is 29.3 Å². The summed E-state index contributed by atoms with van der Waals surface area (Å²) in [7, 11) is 0. The number of carbonyl (C=O) groups excluding carboxylic acids is 2. The van der Waals surface area contributed by atoms with E-state index in [0.29, 0.717) is 23.8 Å². The van der Waals surface area contributed by atoms with Gasteiger partial charge in [0.1, 0.15) is 0 Å². The lowest BCUT2D eigenvalue weighted by atomic mass is 9.61. The molecule has 2 unspecified atom stereocenters. The standard InChI is InChI=1S/C23H32N2O2S/c1-4-21(26)25-7-8-28-20-6-5-18(11-19(20)25)22(27)24-23-12-15(2)9-17(14-23)10-16(3)13-23/h5-6,11,15-17H,4,7-10,12-14H2,1-3H3,(H,24,27). The van der Waals surface area contributed by atoms with Crippen molar-refractivity contribution < 1.29 is 9.59 Å². The molecule has 152 valence electrons. The van der Waals surface area contributed by atoms with E-state index in [9.17, 15) is 9.59 Å². The number of hydrogen-bond donors (Lipinski definition) is 1. The molecule has 3 aliphatic rings. The fourth-order valence-corrected chi connectivity index (χ4v) is 6.95. The Morgan fingerprint density at radius 1 is 1.18 bits per heavy atom. The fourth-order valence-electron chi connectivity index (χ4n) is 5.98. The summed E-state index contributed by atoms with van der Waals surface area (Å²) in [6, 6.07) is 5.86. The summed E-state index contributed by atoms with van der Waals surface area (Å²) >= 11 is 1.76. The molecule has 2 saturated carbocycles. The summed E-state index contributed by atoms with van der Waals surface area (Å²) in [6.07, 6.45) is 6.37. The fraction of sp³-hybridized carbons (Fsp3) is 0.652. The monoisotopic (exact) mass is 400 g/mol. The lowest BCUT2D eigenvalue weighted by molar-refractivity contribution is -0.118. The van der Waals surface area contributed by atoms with Crippen LogP contribution in [-0.2, 0) is 4.79 Å². The van der Waals surface area contributed by atoms with Crippen LogP contribution in [0.25, 0.3) is 0 Å². The summed E-state index contributed by atoms with van der Waals surface area (Å²) in [6.45, 7) is 7.27. The molecule has 4 rings (SSSR count). The van der Waals surface area contributed by atoms with Gasteiger partial charge < -0.3 is 10.2 Å². The smallest absolute Gasteiger partial charge is 0.251 e. The zero-order valence-electron chi connectivity index (χ0n) is 17.3. The summed E-state index contributed by atoms with van der Waals surface area (Å²) in [5.41, 5.74) is 1.53. The van der Waals surface area contributed by atoms with Gasteiger partial charge in [-0.1, -0.05) is 20.8 Å². The number of thioether (sulfide) groups is 1. The van der Waals surface area contributed by atoms with Crippen molar-refractivity contribution in [3.05, 3.63) is 23.8 Å². The number of carbonyl (C=O) groups is 2. The van der Waals surface area contributed by atoms with Gasteiger partial charge in [0.15, 0.2) is 0 Å². The average Bonchev–Trinajstić information content (AvgIpc) is 2.64. The Morgan fingerprint density at radius 2 is 1.89 bits per heavy atom. The topological polar surface area (TPSA) is 49.4 Å². The van der Waals surface area contributed by atoms with Crippen LogP contribution in [0.5, 0.6) is 0 Å². The van der Waals surface area contributed by atoms with Crippen LogP contribution in [0.3, 0.4) is 0 Å². The van der Waals surface area contributed by atoms with Crippen LogP contribution in [0, 0.1) is 17.8 Å². The number of benzene rings is 1. The maximum absolute atomic E-state index is 13.2. The molecule has 0 aromatic heterocycles. The second-order valence-electron chi connectivity index (χ2n) is 9.32. The van der Waals surface area contributed by atoms with Crippen molar-refractivity contribution in [3.63, 3.8) is 0 Å². The van der Waals surface area contributed by atoms with Crippen molar-refractivity contribution in [2.75, 3.05) is 17.2 Å². The molecule has 2 fully saturated rings. The summed E-state index contributed by atoms with van der Waals surface area (Å²) in [4.78, 5) is 28.5. The second-order valence-corrected chi connectivity index (χ2v) is 10.5. The summed E-state index contributed by atoms with van der Waals surface area (Å²) in [5.74, 6) is 3.13. The van der Waals surface area contributed by atoms with Crippen molar-refractivity contribution in [1.82, 2.24) is 5.32 Å². The highest BCUT2D eigenvalue weighted by atomic mass is 32.2. The Morgan fingerprint density at radius 3 is 2.57 bits per heavy atom. The van der Waals surface area contributed by atoms with Crippen LogP contribution < -0.4 is 10.2 Å². The second kappa shape index (κ2) is 7.74. The number of rotatable bonds is 3. The maximum atomic E-state index is 13.2. The van der Waals surface area contributed by atoms with E-state index in [4.69, 9.17) is 0 Å². The van der Waals surface area contributed by atoms with Crippen LogP contribution in [0.15, 0.2) is 23.1 Å². The number of fused-ring (bicyclic) bond motifs is 3. The van der Waals surface area contributed by atoms with Crippen LogP contribution in [0.2, 0.25) is 0 Å². The minimum atomic E-state index is -0.0549. The lowest BCUT2D eigenvalue weighted by Gasteiger charge is -2.50. The van der Waals surface area contributed by atoms with Crippen LogP contribution in [0.4, 0.5) is 5.69 Å². The molecule has 0 radical (unpaired) electrons. The first kappa shape index (κ1) is 19.8. The normalized spacial score (nSPS) is 31.8. The molecule has 0 saturated heterocycles. The molecule has 28 heavy (non-hydrogen) atoms.